The molecule has 18 heavy (non-hydrogen) atoms. The van der Waals surface area contributed by atoms with Crippen molar-refractivity contribution in [3.63, 3.8) is 0 Å². The first-order chi connectivity index (χ1) is 8.63. The SMILES string of the molecule is COCCN(C(=O)O)c1cc(Br)cn2ccnc12. The number of carboxylic acid groups (broad SMARTS) is 1. The number of halogens is 1. The number of imidazole rings is 1. The summed E-state index contributed by atoms with van der Waals surface area (Å²) < 4.78 is 7.47. The Labute approximate surface area is 112 Å². The molecule has 1 N–H and O–H groups in total. The van der Waals surface area contributed by atoms with Crippen molar-refractivity contribution >= 4 is 33.4 Å². The zero-order valence-electron chi connectivity index (χ0n) is 9.71. The number of aromatic nitrogens is 2. The molecule has 0 radical (unpaired) electrons. The Morgan fingerprint density at radius 1 is 1.67 bits per heavy atom. The molecule has 0 saturated carbocycles. The molecule has 6 nitrogen and oxygen atoms in total. The monoisotopic (exact) mass is 313 g/mol. The smallest absolute Gasteiger partial charge is 0.412 e. The predicted octanol–water partition coefficient (Wildman–Crippen LogP) is 2.23. The highest BCUT2D eigenvalue weighted by Gasteiger charge is 2.18. The summed E-state index contributed by atoms with van der Waals surface area (Å²) in [4.78, 5) is 16.7. The summed E-state index contributed by atoms with van der Waals surface area (Å²) in [5.74, 6) is 0. The van der Waals surface area contributed by atoms with E-state index in [1.807, 2.05) is 6.20 Å². The van der Waals surface area contributed by atoms with Crippen LogP contribution in [0.15, 0.2) is 29.1 Å². The zero-order valence-corrected chi connectivity index (χ0v) is 11.3. The summed E-state index contributed by atoms with van der Waals surface area (Å²) in [7, 11) is 1.53. The minimum absolute atomic E-state index is 0.255. The normalized spacial score (nSPS) is 10.8. The van der Waals surface area contributed by atoms with Crippen molar-refractivity contribution in [1.29, 1.82) is 0 Å². The van der Waals surface area contributed by atoms with Crippen molar-refractivity contribution in [1.82, 2.24) is 9.38 Å². The average Bonchev–Trinajstić information content (AvgIpc) is 2.76. The first kappa shape index (κ1) is 12.8. The van der Waals surface area contributed by atoms with Crippen LogP contribution in [0.4, 0.5) is 10.5 Å². The van der Waals surface area contributed by atoms with Crippen LogP contribution < -0.4 is 4.90 Å². The van der Waals surface area contributed by atoms with E-state index in [2.05, 4.69) is 20.9 Å². The van der Waals surface area contributed by atoms with Gasteiger partial charge in [0.05, 0.1) is 18.8 Å². The first-order valence-corrected chi connectivity index (χ1v) is 6.04. The molecule has 2 rings (SSSR count). The Morgan fingerprint density at radius 2 is 2.44 bits per heavy atom. The van der Waals surface area contributed by atoms with E-state index in [1.165, 1.54) is 12.0 Å². The third kappa shape index (κ3) is 2.46. The largest absolute Gasteiger partial charge is 0.465 e. The molecule has 0 saturated heterocycles. The van der Waals surface area contributed by atoms with Crippen LogP contribution in [0.25, 0.3) is 5.65 Å². The Hall–Kier alpha value is -1.60. The molecule has 1 amide bonds. The van der Waals surface area contributed by atoms with Gasteiger partial charge in [-0.3, -0.25) is 4.90 Å². The second-order valence-electron chi connectivity index (χ2n) is 3.63. The van der Waals surface area contributed by atoms with E-state index < -0.39 is 6.09 Å². The van der Waals surface area contributed by atoms with Crippen LogP contribution >= 0.6 is 15.9 Å². The zero-order chi connectivity index (χ0) is 13.1. The quantitative estimate of drug-likeness (QED) is 0.940. The number of carbonyl (C=O) groups is 1. The molecule has 7 heteroatoms. The van der Waals surface area contributed by atoms with E-state index in [4.69, 9.17) is 4.74 Å². The van der Waals surface area contributed by atoms with Crippen LogP contribution in [0.3, 0.4) is 0 Å². The summed E-state index contributed by atoms with van der Waals surface area (Å²) in [5, 5.41) is 9.26. The lowest BCUT2D eigenvalue weighted by atomic mass is 10.3. The topological polar surface area (TPSA) is 67.1 Å². The van der Waals surface area contributed by atoms with E-state index in [0.29, 0.717) is 17.9 Å². The second-order valence-corrected chi connectivity index (χ2v) is 4.54. The van der Waals surface area contributed by atoms with Crippen LogP contribution in [-0.4, -0.2) is 40.8 Å². The van der Waals surface area contributed by atoms with Gasteiger partial charge in [-0.05, 0) is 22.0 Å². The lowest BCUT2D eigenvalue weighted by Crippen LogP contribution is -2.32. The first-order valence-electron chi connectivity index (χ1n) is 5.25. The van der Waals surface area contributed by atoms with Gasteiger partial charge in [0.1, 0.15) is 0 Å². The fraction of sp³-hybridized carbons (Fsp3) is 0.273. The van der Waals surface area contributed by atoms with Gasteiger partial charge in [0, 0.05) is 30.2 Å². The standard InChI is InChI=1S/C11H12BrN3O3/c1-18-5-4-15(11(16)17)9-6-8(12)7-14-3-2-13-10(9)14/h2-3,6-7H,4-5H2,1H3,(H,16,17). The van der Waals surface area contributed by atoms with Gasteiger partial charge in [0.2, 0.25) is 0 Å². The van der Waals surface area contributed by atoms with Gasteiger partial charge in [0.25, 0.3) is 0 Å². The molecule has 0 aliphatic heterocycles. The number of hydrogen-bond acceptors (Lipinski definition) is 3. The highest BCUT2D eigenvalue weighted by molar-refractivity contribution is 9.10. The molecule has 0 aliphatic rings. The number of pyridine rings is 1. The van der Waals surface area contributed by atoms with Crippen molar-refractivity contribution in [2.24, 2.45) is 0 Å². The highest BCUT2D eigenvalue weighted by Crippen LogP contribution is 2.25. The minimum Gasteiger partial charge on any atom is -0.465 e. The van der Waals surface area contributed by atoms with Crippen LogP contribution in [-0.2, 0) is 4.74 Å². The van der Waals surface area contributed by atoms with Gasteiger partial charge in [-0.15, -0.1) is 0 Å². The highest BCUT2D eigenvalue weighted by atomic mass is 79.9. The third-order valence-corrected chi connectivity index (χ3v) is 2.91. The molecule has 2 aromatic rings. The van der Waals surface area contributed by atoms with E-state index in [-0.39, 0.29) is 6.54 Å². The van der Waals surface area contributed by atoms with Crippen molar-refractivity contribution in [3.05, 3.63) is 29.1 Å². The van der Waals surface area contributed by atoms with Gasteiger partial charge < -0.3 is 14.2 Å². The van der Waals surface area contributed by atoms with Crippen LogP contribution in [0.5, 0.6) is 0 Å². The molecule has 0 bridgehead atoms. The van der Waals surface area contributed by atoms with E-state index in [1.54, 1.807) is 22.9 Å². The summed E-state index contributed by atoms with van der Waals surface area (Å²) in [6.07, 6.45) is 4.18. The molecular formula is C11H12BrN3O3. The number of ether oxygens (including phenoxy) is 1. The number of nitrogens with zero attached hydrogens (tertiary/aromatic N) is 3. The lowest BCUT2D eigenvalue weighted by molar-refractivity contribution is 0.186. The minimum atomic E-state index is -1.03. The molecule has 0 aliphatic carbocycles. The molecule has 2 heterocycles. The van der Waals surface area contributed by atoms with Crippen LogP contribution in [0, 0.1) is 0 Å². The number of fused-ring (bicyclic) bond motifs is 1. The van der Waals surface area contributed by atoms with Crippen molar-refractivity contribution in [2.45, 2.75) is 0 Å². The molecular weight excluding hydrogens is 302 g/mol. The van der Waals surface area contributed by atoms with Gasteiger partial charge in [0.15, 0.2) is 5.65 Å². The molecule has 0 aromatic carbocycles. The number of anilines is 1. The molecule has 2 aromatic heterocycles. The molecule has 96 valence electrons. The van der Waals surface area contributed by atoms with Gasteiger partial charge in [-0.1, -0.05) is 0 Å². The average molecular weight is 314 g/mol. The molecule has 0 spiro atoms. The van der Waals surface area contributed by atoms with Gasteiger partial charge >= 0.3 is 6.09 Å². The van der Waals surface area contributed by atoms with E-state index >= 15 is 0 Å². The lowest BCUT2D eigenvalue weighted by Gasteiger charge is -2.19. The number of amides is 1. The number of hydrogen-bond donors (Lipinski definition) is 1. The fourth-order valence-electron chi connectivity index (χ4n) is 1.68. The van der Waals surface area contributed by atoms with Gasteiger partial charge in [-0.2, -0.15) is 0 Å². The maximum absolute atomic E-state index is 11.3. The van der Waals surface area contributed by atoms with Crippen molar-refractivity contribution in [3.8, 4) is 0 Å². The molecule has 0 atom stereocenters. The fourth-order valence-corrected chi connectivity index (χ4v) is 2.12. The Kier molecular flexibility index (Phi) is 3.83. The second kappa shape index (κ2) is 5.36. The van der Waals surface area contributed by atoms with Crippen molar-refractivity contribution < 1.29 is 14.6 Å². The van der Waals surface area contributed by atoms with Crippen LogP contribution in [0.2, 0.25) is 0 Å². The number of rotatable bonds is 4. The Balaban J connectivity index is 2.48. The molecule has 0 unspecified atom stereocenters. The van der Waals surface area contributed by atoms with E-state index in [9.17, 15) is 9.90 Å². The molecule has 0 fully saturated rings. The van der Waals surface area contributed by atoms with Gasteiger partial charge in [-0.25, -0.2) is 9.78 Å². The predicted molar refractivity (Wildman–Crippen MR) is 70.1 cm³/mol. The maximum Gasteiger partial charge on any atom is 0.412 e. The van der Waals surface area contributed by atoms with Crippen molar-refractivity contribution in [2.75, 3.05) is 25.2 Å². The Bertz CT molecular complexity index is 570. The third-order valence-electron chi connectivity index (χ3n) is 2.48. The maximum atomic E-state index is 11.3. The van der Waals surface area contributed by atoms with Crippen LogP contribution in [0.1, 0.15) is 0 Å². The number of methoxy groups -OCH3 is 1. The summed E-state index contributed by atoms with van der Waals surface area (Å²) >= 11 is 3.35. The van der Waals surface area contributed by atoms with E-state index in [0.717, 1.165) is 4.47 Å². The summed E-state index contributed by atoms with van der Waals surface area (Å²) in [6, 6.07) is 1.73. The Morgan fingerprint density at radius 3 is 3.11 bits per heavy atom. The summed E-state index contributed by atoms with van der Waals surface area (Å²) in [6.45, 7) is 0.580. The summed E-state index contributed by atoms with van der Waals surface area (Å²) in [5.41, 5.74) is 1.12.